The normalized spacial score (nSPS) is 34.9. The number of hydrogen-bond acceptors (Lipinski definition) is 2. The molecular weight excluding hydrogens is 198 g/mol. The van der Waals surface area contributed by atoms with Crippen LogP contribution in [0.5, 0.6) is 5.75 Å². The second-order valence-corrected chi connectivity index (χ2v) is 5.06. The van der Waals surface area contributed by atoms with Crippen molar-refractivity contribution in [3.63, 3.8) is 0 Å². The molecule has 2 heteroatoms. The Kier molecular flexibility index (Phi) is 1.93. The molecule has 0 heterocycles. The fourth-order valence-corrected chi connectivity index (χ4v) is 3.08. The highest BCUT2D eigenvalue weighted by molar-refractivity contribution is 5.50. The Morgan fingerprint density at radius 2 is 2.25 bits per heavy atom. The van der Waals surface area contributed by atoms with Crippen molar-refractivity contribution in [3.8, 4) is 5.75 Å². The van der Waals surface area contributed by atoms with Gasteiger partial charge in [-0.1, -0.05) is 25.1 Å². The fourth-order valence-electron chi connectivity index (χ4n) is 3.08. The third-order valence-electron chi connectivity index (χ3n) is 4.20. The number of benzene rings is 1. The van der Waals surface area contributed by atoms with Gasteiger partial charge in [0.2, 0.25) is 0 Å². The number of ether oxygens (including phenoxy) is 1. The summed E-state index contributed by atoms with van der Waals surface area (Å²) in [5.74, 6) is 1.43. The molecule has 0 saturated heterocycles. The zero-order valence-electron chi connectivity index (χ0n) is 9.73. The van der Waals surface area contributed by atoms with E-state index < -0.39 is 0 Å². The summed E-state index contributed by atoms with van der Waals surface area (Å²) in [6.07, 6.45) is 5.61. The number of rotatable bonds is 1. The smallest absolute Gasteiger partial charge is 0.119 e. The third-order valence-corrected chi connectivity index (χ3v) is 4.20. The van der Waals surface area contributed by atoms with Gasteiger partial charge in [0.15, 0.2) is 0 Å². The molecule has 0 fully saturated rings. The zero-order valence-corrected chi connectivity index (χ0v) is 9.73. The topological polar surface area (TPSA) is 35.2 Å². The van der Waals surface area contributed by atoms with Crippen LogP contribution in [0.15, 0.2) is 30.4 Å². The van der Waals surface area contributed by atoms with Crippen molar-refractivity contribution in [1.29, 1.82) is 0 Å². The van der Waals surface area contributed by atoms with Crippen molar-refractivity contribution >= 4 is 0 Å². The van der Waals surface area contributed by atoms with Gasteiger partial charge in [-0.25, -0.2) is 0 Å². The van der Waals surface area contributed by atoms with Crippen LogP contribution in [0.1, 0.15) is 18.1 Å². The summed E-state index contributed by atoms with van der Waals surface area (Å²) >= 11 is 0. The molecule has 0 amide bonds. The monoisotopic (exact) mass is 215 g/mol. The molecular formula is C14H17NO. The fraction of sp³-hybridized carbons (Fsp3) is 0.429. The van der Waals surface area contributed by atoms with E-state index in [2.05, 4.69) is 31.2 Å². The van der Waals surface area contributed by atoms with Crippen LogP contribution in [0.4, 0.5) is 0 Å². The minimum absolute atomic E-state index is 0.00715. The van der Waals surface area contributed by atoms with Gasteiger partial charge >= 0.3 is 0 Å². The zero-order chi connectivity index (χ0) is 11.3. The van der Waals surface area contributed by atoms with E-state index in [9.17, 15) is 0 Å². The summed E-state index contributed by atoms with van der Waals surface area (Å²) in [6, 6.07) is 6.57. The SMILES string of the molecule is COc1ccc2c(c1)[C@]1(C)C=CC(C2)[C@@H]1N. The van der Waals surface area contributed by atoms with Gasteiger partial charge in [-0.05, 0) is 35.6 Å². The molecule has 1 unspecified atom stereocenters. The summed E-state index contributed by atoms with van der Waals surface area (Å²) < 4.78 is 5.30. The summed E-state index contributed by atoms with van der Waals surface area (Å²) in [6.45, 7) is 2.23. The lowest BCUT2D eigenvalue weighted by molar-refractivity contribution is 0.368. The van der Waals surface area contributed by atoms with E-state index in [1.54, 1.807) is 7.11 Å². The quantitative estimate of drug-likeness (QED) is 0.727. The summed E-state index contributed by atoms with van der Waals surface area (Å²) in [5, 5.41) is 0. The van der Waals surface area contributed by atoms with E-state index in [0.29, 0.717) is 5.92 Å². The van der Waals surface area contributed by atoms with E-state index in [4.69, 9.17) is 10.5 Å². The van der Waals surface area contributed by atoms with Gasteiger partial charge in [0, 0.05) is 11.5 Å². The average Bonchev–Trinajstić information content (AvgIpc) is 2.50. The van der Waals surface area contributed by atoms with Crippen molar-refractivity contribution in [1.82, 2.24) is 0 Å². The maximum Gasteiger partial charge on any atom is 0.119 e. The van der Waals surface area contributed by atoms with E-state index in [0.717, 1.165) is 12.2 Å². The van der Waals surface area contributed by atoms with Crippen LogP contribution in [-0.2, 0) is 11.8 Å². The Morgan fingerprint density at radius 3 is 3.00 bits per heavy atom. The van der Waals surface area contributed by atoms with E-state index in [1.807, 2.05) is 6.07 Å². The molecule has 0 radical (unpaired) electrons. The molecule has 1 aromatic rings. The first-order valence-electron chi connectivity index (χ1n) is 5.77. The van der Waals surface area contributed by atoms with Crippen molar-refractivity contribution in [3.05, 3.63) is 41.5 Å². The molecule has 3 rings (SSSR count). The van der Waals surface area contributed by atoms with Crippen LogP contribution >= 0.6 is 0 Å². The molecule has 84 valence electrons. The largest absolute Gasteiger partial charge is 0.497 e. The molecule has 1 aromatic carbocycles. The van der Waals surface area contributed by atoms with Crippen LogP contribution in [0, 0.1) is 5.92 Å². The van der Waals surface area contributed by atoms with Crippen LogP contribution in [0.2, 0.25) is 0 Å². The van der Waals surface area contributed by atoms with Crippen molar-refractivity contribution in [2.75, 3.05) is 7.11 Å². The van der Waals surface area contributed by atoms with Gasteiger partial charge in [-0.2, -0.15) is 0 Å². The van der Waals surface area contributed by atoms with Crippen LogP contribution in [0.3, 0.4) is 0 Å². The highest BCUT2D eigenvalue weighted by Crippen LogP contribution is 2.46. The second kappa shape index (κ2) is 3.11. The third kappa shape index (κ3) is 1.11. The molecule has 0 aromatic heterocycles. The van der Waals surface area contributed by atoms with Crippen LogP contribution < -0.4 is 10.5 Å². The maximum atomic E-state index is 6.32. The Morgan fingerprint density at radius 1 is 1.44 bits per heavy atom. The van der Waals surface area contributed by atoms with Gasteiger partial charge < -0.3 is 10.5 Å². The molecule has 0 saturated carbocycles. The van der Waals surface area contributed by atoms with Gasteiger partial charge in [-0.3, -0.25) is 0 Å². The summed E-state index contributed by atoms with van der Waals surface area (Å²) in [7, 11) is 1.71. The molecule has 3 atom stereocenters. The van der Waals surface area contributed by atoms with Crippen LogP contribution in [0.25, 0.3) is 0 Å². The number of hydrogen-bond donors (Lipinski definition) is 1. The van der Waals surface area contributed by atoms with E-state index >= 15 is 0 Å². The molecule has 0 spiro atoms. The van der Waals surface area contributed by atoms with Crippen LogP contribution in [-0.4, -0.2) is 13.2 Å². The predicted molar refractivity (Wildman–Crippen MR) is 64.7 cm³/mol. The molecule has 2 nitrogen and oxygen atoms in total. The number of methoxy groups -OCH3 is 1. The lowest BCUT2D eigenvalue weighted by Crippen LogP contribution is -2.46. The number of nitrogens with two attached hydrogens (primary N) is 1. The first kappa shape index (κ1) is 9.91. The Labute approximate surface area is 96.1 Å². The lowest BCUT2D eigenvalue weighted by atomic mass is 9.69. The highest BCUT2D eigenvalue weighted by Gasteiger charge is 2.45. The molecule has 2 aliphatic carbocycles. The minimum atomic E-state index is -0.00715. The molecule has 2 bridgehead atoms. The lowest BCUT2D eigenvalue weighted by Gasteiger charge is -2.38. The molecule has 2 N–H and O–H groups in total. The second-order valence-electron chi connectivity index (χ2n) is 5.06. The van der Waals surface area contributed by atoms with Gasteiger partial charge in [0.25, 0.3) is 0 Å². The van der Waals surface area contributed by atoms with Gasteiger partial charge in [0.05, 0.1) is 7.11 Å². The molecule has 0 aliphatic heterocycles. The molecule has 2 aliphatic rings. The molecule has 16 heavy (non-hydrogen) atoms. The van der Waals surface area contributed by atoms with E-state index in [1.165, 1.54) is 11.1 Å². The number of fused-ring (bicyclic) bond motifs is 4. The highest BCUT2D eigenvalue weighted by atomic mass is 16.5. The van der Waals surface area contributed by atoms with Crippen molar-refractivity contribution in [2.24, 2.45) is 11.7 Å². The first-order chi connectivity index (χ1) is 7.65. The van der Waals surface area contributed by atoms with Gasteiger partial charge in [0.1, 0.15) is 5.75 Å². The predicted octanol–water partition coefficient (Wildman–Crippen LogP) is 2.02. The van der Waals surface area contributed by atoms with Crippen molar-refractivity contribution in [2.45, 2.75) is 24.8 Å². The Balaban J connectivity index is 2.18. The Bertz CT molecular complexity index is 466. The Hall–Kier alpha value is -1.28. The summed E-state index contributed by atoms with van der Waals surface area (Å²) in [4.78, 5) is 0. The van der Waals surface area contributed by atoms with Gasteiger partial charge in [-0.15, -0.1) is 0 Å². The average molecular weight is 215 g/mol. The minimum Gasteiger partial charge on any atom is -0.497 e. The maximum absolute atomic E-state index is 6.32. The van der Waals surface area contributed by atoms with Crippen molar-refractivity contribution < 1.29 is 4.74 Å². The van der Waals surface area contributed by atoms with E-state index in [-0.39, 0.29) is 11.5 Å². The standard InChI is InChI=1S/C14H17NO/c1-14-6-5-10(13(14)15)7-9-3-4-11(16-2)8-12(9)14/h3-6,8,10,13H,7,15H2,1-2H3/t10?,13-,14-/m0/s1. The first-order valence-corrected chi connectivity index (χ1v) is 5.77. The summed E-state index contributed by atoms with van der Waals surface area (Å²) in [5.41, 5.74) is 9.07.